The Balaban J connectivity index is 2.41. The lowest BCUT2D eigenvalue weighted by atomic mass is 10.2. The highest BCUT2D eigenvalue weighted by atomic mass is 15.5. The van der Waals surface area contributed by atoms with Crippen molar-refractivity contribution in [2.45, 2.75) is 12.5 Å². The molecule has 1 rings (SSSR count). The Morgan fingerprint density at radius 2 is 2.70 bits per heavy atom. The second-order valence-electron chi connectivity index (χ2n) is 2.02. The van der Waals surface area contributed by atoms with Crippen molar-refractivity contribution in [2.24, 2.45) is 10.7 Å². The van der Waals surface area contributed by atoms with E-state index in [-0.39, 0.29) is 6.04 Å². The molecule has 0 saturated heterocycles. The zero-order valence-corrected chi connectivity index (χ0v) is 5.59. The number of aliphatic imine (C=N–C) groups is 1. The molecule has 1 aliphatic rings. The average Bonchev–Trinajstić information content (AvgIpc) is 2.38. The van der Waals surface area contributed by atoms with Gasteiger partial charge in [0.15, 0.2) is 0 Å². The normalized spacial score (nSPS) is 19.0. The maximum Gasteiger partial charge on any atom is 0.130 e. The van der Waals surface area contributed by atoms with Crippen LogP contribution in [0.15, 0.2) is 4.99 Å². The fourth-order valence-corrected chi connectivity index (χ4v) is 0.728. The number of hydrogen-bond donors (Lipinski definition) is 3. The quantitative estimate of drug-likeness (QED) is 0.420. The molecule has 1 aliphatic heterocycles. The van der Waals surface area contributed by atoms with Gasteiger partial charge in [-0.15, -0.1) is 12.3 Å². The van der Waals surface area contributed by atoms with E-state index in [2.05, 4.69) is 21.8 Å². The van der Waals surface area contributed by atoms with Crippen molar-refractivity contribution in [3.8, 4) is 12.3 Å². The Bertz CT molecular complexity index is 179. The highest BCUT2D eigenvalue weighted by Gasteiger charge is 2.11. The summed E-state index contributed by atoms with van der Waals surface area (Å²) in [4.78, 5) is 4.03. The molecule has 4 N–H and O–H groups in total. The van der Waals surface area contributed by atoms with Crippen LogP contribution in [-0.4, -0.2) is 18.5 Å². The third-order valence-electron chi connectivity index (χ3n) is 1.23. The Kier molecular flexibility index (Phi) is 2.26. The van der Waals surface area contributed by atoms with Gasteiger partial charge in [0.05, 0.1) is 6.04 Å². The van der Waals surface area contributed by atoms with Gasteiger partial charge in [0.1, 0.15) is 12.5 Å². The van der Waals surface area contributed by atoms with Crippen molar-refractivity contribution in [3.63, 3.8) is 0 Å². The van der Waals surface area contributed by atoms with Crippen LogP contribution in [0.5, 0.6) is 0 Å². The third-order valence-corrected chi connectivity index (χ3v) is 1.23. The predicted octanol–water partition coefficient (Wildman–Crippen LogP) is -1.20. The maximum absolute atomic E-state index is 5.61. The Morgan fingerprint density at radius 3 is 3.20 bits per heavy atom. The van der Waals surface area contributed by atoms with Crippen LogP contribution in [0.25, 0.3) is 0 Å². The molecule has 1 atom stereocenters. The first-order chi connectivity index (χ1) is 4.84. The molecule has 0 spiro atoms. The second-order valence-corrected chi connectivity index (χ2v) is 2.02. The lowest BCUT2D eigenvalue weighted by molar-refractivity contribution is 0.712. The maximum atomic E-state index is 5.61. The summed E-state index contributed by atoms with van der Waals surface area (Å²) in [6.45, 7) is 0.577. The van der Waals surface area contributed by atoms with Gasteiger partial charge in [-0.05, 0) is 0 Å². The van der Waals surface area contributed by atoms with Gasteiger partial charge >= 0.3 is 0 Å². The number of nitrogens with two attached hydrogens (primary N) is 1. The van der Waals surface area contributed by atoms with Crippen LogP contribution in [0.1, 0.15) is 6.42 Å². The van der Waals surface area contributed by atoms with Crippen molar-refractivity contribution < 1.29 is 0 Å². The van der Waals surface area contributed by atoms with Crippen molar-refractivity contribution >= 4 is 5.84 Å². The third kappa shape index (κ3) is 1.47. The van der Waals surface area contributed by atoms with Gasteiger partial charge in [0.2, 0.25) is 0 Å². The van der Waals surface area contributed by atoms with Crippen molar-refractivity contribution in [2.75, 3.05) is 6.67 Å². The van der Waals surface area contributed by atoms with Crippen LogP contribution >= 0.6 is 0 Å². The molecule has 0 aliphatic carbocycles. The van der Waals surface area contributed by atoms with Gasteiger partial charge in [0.25, 0.3) is 0 Å². The molecular weight excluding hydrogens is 128 g/mol. The van der Waals surface area contributed by atoms with Gasteiger partial charge in [0, 0.05) is 6.42 Å². The summed E-state index contributed by atoms with van der Waals surface area (Å²) in [6.07, 6.45) is 5.59. The largest absolute Gasteiger partial charge is 0.321 e. The zero-order valence-electron chi connectivity index (χ0n) is 5.59. The monoisotopic (exact) mass is 138 g/mol. The summed E-state index contributed by atoms with van der Waals surface area (Å²) in [5.41, 5.74) is 11.2. The molecule has 0 bridgehead atoms. The molecule has 0 amide bonds. The van der Waals surface area contributed by atoms with Crippen LogP contribution in [0, 0.1) is 12.3 Å². The Hall–Kier alpha value is -1.05. The molecule has 0 aromatic rings. The molecule has 0 radical (unpaired) electrons. The van der Waals surface area contributed by atoms with Gasteiger partial charge in [-0.3, -0.25) is 4.99 Å². The van der Waals surface area contributed by atoms with E-state index in [1.807, 2.05) is 0 Å². The number of amidine groups is 1. The number of hydrazine groups is 1. The Morgan fingerprint density at radius 1 is 1.90 bits per heavy atom. The fraction of sp³-hybridized carbons (Fsp3) is 0.500. The van der Waals surface area contributed by atoms with E-state index >= 15 is 0 Å². The van der Waals surface area contributed by atoms with Crippen LogP contribution in [-0.2, 0) is 0 Å². The second kappa shape index (κ2) is 3.20. The smallest absolute Gasteiger partial charge is 0.130 e. The Labute approximate surface area is 59.9 Å². The van der Waals surface area contributed by atoms with Gasteiger partial charge in [-0.1, -0.05) is 0 Å². The first-order valence-electron chi connectivity index (χ1n) is 3.07. The van der Waals surface area contributed by atoms with E-state index in [1.165, 1.54) is 0 Å². The number of hydrogen-bond acceptors (Lipinski definition) is 4. The van der Waals surface area contributed by atoms with Crippen molar-refractivity contribution in [3.05, 3.63) is 0 Å². The van der Waals surface area contributed by atoms with Crippen molar-refractivity contribution in [1.82, 2.24) is 10.9 Å². The number of rotatable bonds is 2. The van der Waals surface area contributed by atoms with E-state index in [0.29, 0.717) is 13.1 Å². The van der Waals surface area contributed by atoms with Crippen LogP contribution in [0.2, 0.25) is 0 Å². The standard InChI is InChI=1S/C6H10N4/c1-2-3-5(7)6-8-4-9-10-6/h1,5,9H,3-4,7H2,(H,8,10). The van der Waals surface area contributed by atoms with Crippen LogP contribution in [0.4, 0.5) is 0 Å². The predicted molar refractivity (Wildman–Crippen MR) is 40.0 cm³/mol. The van der Waals surface area contributed by atoms with Gasteiger partial charge < -0.3 is 11.2 Å². The number of terminal acetylenes is 1. The van der Waals surface area contributed by atoms with E-state index in [1.54, 1.807) is 0 Å². The minimum atomic E-state index is -0.153. The van der Waals surface area contributed by atoms with E-state index in [9.17, 15) is 0 Å². The highest BCUT2D eigenvalue weighted by Crippen LogP contribution is 1.90. The van der Waals surface area contributed by atoms with Gasteiger partial charge in [-0.2, -0.15) is 0 Å². The summed E-state index contributed by atoms with van der Waals surface area (Å²) < 4.78 is 0. The van der Waals surface area contributed by atoms with E-state index in [4.69, 9.17) is 12.2 Å². The lowest BCUT2D eigenvalue weighted by Gasteiger charge is -2.06. The van der Waals surface area contributed by atoms with E-state index < -0.39 is 0 Å². The number of nitrogens with one attached hydrogen (secondary N) is 2. The molecular formula is C6H10N4. The summed E-state index contributed by atoms with van der Waals surface area (Å²) in [5.74, 6) is 3.22. The van der Waals surface area contributed by atoms with Crippen LogP contribution in [0.3, 0.4) is 0 Å². The molecule has 0 saturated carbocycles. The highest BCUT2D eigenvalue weighted by molar-refractivity contribution is 5.88. The summed E-state index contributed by atoms with van der Waals surface area (Å²) in [5, 5.41) is 0. The molecule has 4 heteroatoms. The average molecular weight is 138 g/mol. The molecule has 4 nitrogen and oxygen atoms in total. The molecule has 0 fully saturated rings. The van der Waals surface area contributed by atoms with E-state index in [0.717, 1.165) is 5.84 Å². The SMILES string of the molecule is C#CCC(N)C1=NCNN1. The molecule has 1 unspecified atom stereocenters. The first-order valence-corrected chi connectivity index (χ1v) is 3.07. The zero-order chi connectivity index (χ0) is 7.40. The first kappa shape index (κ1) is 7.06. The molecule has 10 heavy (non-hydrogen) atoms. The van der Waals surface area contributed by atoms with Crippen molar-refractivity contribution in [1.29, 1.82) is 0 Å². The minimum absolute atomic E-state index is 0.153. The molecule has 1 heterocycles. The minimum Gasteiger partial charge on any atom is -0.321 e. The van der Waals surface area contributed by atoms with Gasteiger partial charge in [-0.25, -0.2) is 5.43 Å². The topological polar surface area (TPSA) is 62.4 Å². The summed E-state index contributed by atoms with van der Waals surface area (Å²) >= 11 is 0. The number of nitrogens with zero attached hydrogens (tertiary/aromatic N) is 1. The lowest BCUT2D eigenvalue weighted by Crippen LogP contribution is -2.41. The fourth-order valence-electron chi connectivity index (χ4n) is 0.728. The van der Waals surface area contributed by atoms with Crippen LogP contribution < -0.4 is 16.6 Å². The molecule has 0 aromatic carbocycles. The molecule has 0 aromatic heterocycles. The molecule has 54 valence electrons. The summed E-state index contributed by atoms with van der Waals surface area (Å²) in [6, 6.07) is -0.153. The summed E-state index contributed by atoms with van der Waals surface area (Å²) in [7, 11) is 0.